The van der Waals surface area contributed by atoms with E-state index in [2.05, 4.69) is 100 Å². The van der Waals surface area contributed by atoms with E-state index in [4.69, 9.17) is 18.9 Å². The Bertz CT molecular complexity index is 2100. The van der Waals surface area contributed by atoms with Crippen LogP contribution in [0.1, 0.15) is 70.2 Å². The second-order valence-corrected chi connectivity index (χ2v) is 18.9. The van der Waals surface area contributed by atoms with Crippen LogP contribution in [0.3, 0.4) is 0 Å². The summed E-state index contributed by atoms with van der Waals surface area (Å²) < 4.78 is 23.5. The molecule has 66 heavy (non-hydrogen) atoms. The summed E-state index contributed by atoms with van der Waals surface area (Å²) in [5.74, 6) is 3.51. The molecule has 0 aliphatic carbocycles. The maximum Gasteiger partial charge on any atom is 0.127 e. The highest BCUT2D eigenvalue weighted by molar-refractivity contribution is 5.40. The van der Waals surface area contributed by atoms with Gasteiger partial charge in [-0.15, -0.1) is 0 Å². The molecule has 12 heteroatoms. The average Bonchev–Trinajstić information content (AvgIpc) is 3.28. The monoisotopic (exact) mass is 913 g/mol. The summed E-state index contributed by atoms with van der Waals surface area (Å²) in [6.07, 6.45) is 1.55. The number of aliphatic hydroxyl groups excluding tert-OH is 4. The quantitative estimate of drug-likeness (QED) is 0.118. The molecule has 8 rings (SSSR count). The summed E-state index contributed by atoms with van der Waals surface area (Å²) in [7, 11) is 4.05. The molecule has 4 aliphatic rings. The maximum atomic E-state index is 9.99. The van der Waals surface area contributed by atoms with E-state index in [-0.39, 0.29) is 24.4 Å². The van der Waals surface area contributed by atoms with Crippen LogP contribution in [-0.2, 0) is 0 Å². The van der Waals surface area contributed by atoms with Crippen molar-refractivity contribution in [3.8, 4) is 23.0 Å². The fourth-order valence-electron chi connectivity index (χ4n) is 8.28. The van der Waals surface area contributed by atoms with Gasteiger partial charge in [-0.25, -0.2) is 0 Å². The minimum absolute atomic E-state index is 0.0756. The molecule has 8 unspecified atom stereocenters. The van der Waals surface area contributed by atoms with Crippen LogP contribution in [-0.4, -0.2) is 146 Å². The van der Waals surface area contributed by atoms with Crippen molar-refractivity contribution in [3.05, 3.63) is 117 Å². The van der Waals surface area contributed by atoms with Gasteiger partial charge in [-0.2, -0.15) is 0 Å². The average molecular weight is 913 g/mol. The van der Waals surface area contributed by atoms with Crippen molar-refractivity contribution in [2.75, 3.05) is 66.5 Å². The summed E-state index contributed by atoms with van der Waals surface area (Å²) >= 11 is 0. The Balaban J connectivity index is 0.000000165. The molecule has 4 fully saturated rings. The Morgan fingerprint density at radius 1 is 0.439 bits per heavy atom. The van der Waals surface area contributed by atoms with E-state index in [1.165, 1.54) is 38.9 Å². The van der Waals surface area contributed by atoms with E-state index in [0.717, 1.165) is 80.4 Å². The Morgan fingerprint density at radius 3 is 1.20 bits per heavy atom. The number of nitrogens with one attached hydrogen (secondary N) is 2. The first-order chi connectivity index (χ1) is 31.5. The number of nitrogens with zero attached hydrogens (tertiary/aromatic N) is 2. The SMILES string of the molecule is Cc1ccc(OC2CCN(C)CC2O)cc1C.Cc1ccc(OC2CCNCC2O)cc1C.Cc1cccc(OC2CCN(C)CC2O)c1C.Cc1cccc(OC2CCNCC2O)c1C. The van der Waals surface area contributed by atoms with Crippen LogP contribution in [0.5, 0.6) is 23.0 Å². The predicted octanol–water partition coefficient (Wildman–Crippen LogP) is 6.30. The maximum absolute atomic E-state index is 9.99. The number of ether oxygens (including phenoxy) is 4. The molecule has 4 aromatic carbocycles. The first kappa shape index (κ1) is 52.7. The zero-order chi connectivity index (χ0) is 47.9. The standard InChI is InChI=1S/2C14H21NO2.2C13H19NO2/c1-10-4-5-12(8-11(10)2)17-14-6-7-15(3)9-13(14)16;1-10-5-4-6-13(11(10)2)17-14-7-8-15(3)9-12(14)16;1-9-3-4-11(7-10(9)2)16-13-5-6-14-8-12(13)15;1-9-4-3-5-12(10(9)2)16-13-6-7-14-8-11(13)15/h4-5,8,13-14,16H,6-7,9H2,1-3H3;4-6,12,14,16H,7-9H2,1-3H3;3-4,7,12-15H,5-6,8H2,1-2H3;3-5,11,13-15H,6-8H2,1-2H3. The first-order valence-corrected chi connectivity index (χ1v) is 23.9. The third-order valence-electron chi connectivity index (χ3n) is 13.4. The van der Waals surface area contributed by atoms with Gasteiger partial charge in [0.2, 0.25) is 0 Å². The van der Waals surface area contributed by atoms with Crippen LogP contribution < -0.4 is 29.6 Å². The Morgan fingerprint density at radius 2 is 0.818 bits per heavy atom. The van der Waals surface area contributed by atoms with E-state index < -0.39 is 24.4 Å². The van der Waals surface area contributed by atoms with E-state index in [1.54, 1.807) is 0 Å². The molecule has 4 aliphatic heterocycles. The lowest BCUT2D eigenvalue weighted by Gasteiger charge is -2.34. The zero-order valence-corrected chi connectivity index (χ0v) is 41.3. The van der Waals surface area contributed by atoms with Crippen LogP contribution in [0, 0.1) is 55.4 Å². The summed E-state index contributed by atoms with van der Waals surface area (Å²) in [6, 6.07) is 24.2. The van der Waals surface area contributed by atoms with E-state index >= 15 is 0 Å². The van der Waals surface area contributed by atoms with Crippen molar-refractivity contribution >= 4 is 0 Å². The van der Waals surface area contributed by atoms with Crippen LogP contribution in [0.2, 0.25) is 0 Å². The van der Waals surface area contributed by atoms with Gasteiger partial charge in [0.25, 0.3) is 0 Å². The van der Waals surface area contributed by atoms with Gasteiger partial charge in [0.05, 0.1) is 0 Å². The number of likely N-dealkylation sites (tertiary alicyclic amines) is 2. The molecule has 0 saturated carbocycles. The van der Waals surface area contributed by atoms with Crippen molar-refractivity contribution in [2.24, 2.45) is 0 Å². The summed E-state index contributed by atoms with van der Waals surface area (Å²) in [5.41, 5.74) is 9.75. The second-order valence-electron chi connectivity index (χ2n) is 18.9. The van der Waals surface area contributed by atoms with Gasteiger partial charge in [-0.3, -0.25) is 0 Å². The molecular formula is C54H80N4O8. The molecule has 0 bridgehead atoms. The molecule has 6 N–H and O–H groups in total. The first-order valence-electron chi connectivity index (χ1n) is 23.9. The zero-order valence-electron chi connectivity index (χ0n) is 41.3. The number of hydrogen-bond donors (Lipinski definition) is 6. The smallest absolute Gasteiger partial charge is 0.127 e. The van der Waals surface area contributed by atoms with E-state index in [9.17, 15) is 20.4 Å². The Kier molecular flexibility index (Phi) is 20.6. The number of piperidine rings is 4. The highest BCUT2D eigenvalue weighted by atomic mass is 16.5. The summed E-state index contributed by atoms with van der Waals surface area (Å²) in [4.78, 5) is 4.26. The molecule has 0 radical (unpaired) electrons. The molecule has 4 aromatic rings. The van der Waals surface area contributed by atoms with E-state index in [0.29, 0.717) is 26.2 Å². The molecule has 0 aromatic heterocycles. The molecule has 12 nitrogen and oxygen atoms in total. The number of aryl methyl sites for hydroxylation is 6. The number of likely N-dealkylation sites (N-methyl/N-ethyl adjacent to an activating group) is 2. The van der Waals surface area contributed by atoms with Gasteiger partial charge in [-0.1, -0.05) is 36.4 Å². The van der Waals surface area contributed by atoms with Crippen molar-refractivity contribution in [3.63, 3.8) is 0 Å². The van der Waals surface area contributed by atoms with Crippen molar-refractivity contribution in [1.29, 1.82) is 0 Å². The third-order valence-corrected chi connectivity index (χ3v) is 13.4. The van der Waals surface area contributed by atoms with E-state index in [1.807, 2.05) is 62.6 Å². The number of β-amino-alcohol motifs (C(OH)–C–C–N with tert-alkyl or cyclic N) is 4. The van der Waals surface area contributed by atoms with Gasteiger partial charge < -0.3 is 59.8 Å². The highest BCUT2D eigenvalue weighted by Gasteiger charge is 2.29. The predicted molar refractivity (Wildman–Crippen MR) is 265 cm³/mol. The van der Waals surface area contributed by atoms with Gasteiger partial charge >= 0.3 is 0 Å². The van der Waals surface area contributed by atoms with Crippen LogP contribution >= 0.6 is 0 Å². The number of rotatable bonds is 8. The molecule has 364 valence electrons. The lowest BCUT2D eigenvalue weighted by Crippen LogP contribution is -2.47. The Hall–Kier alpha value is -4.24. The number of benzene rings is 4. The van der Waals surface area contributed by atoms with Gasteiger partial charge in [0.1, 0.15) is 71.8 Å². The number of hydrogen-bond acceptors (Lipinski definition) is 12. The van der Waals surface area contributed by atoms with Crippen LogP contribution in [0.15, 0.2) is 72.8 Å². The minimum Gasteiger partial charge on any atom is -0.488 e. The largest absolute Gasteiger partial charge is 0.488 e. The summed E-state index contributed by atoms with van der Waals surface area (Å²) in [6.45, 7) is 23.0. The van der Waals surface area contributed by atoms with Crippen LogP contribution in [0.25, 0.3) is 0 Å². The molecule has 8 atom stereocenters. The molecule has 4 saturated heterocycles. The van der Waals surface area contributed by atoms with Gasteiger partial charge in [0, 0.05) is 39.3 Å². The Labute approximate surface area is 395 Å². The fraction of sp³-hybridized carbons (Fsp3) is 0.556. The molecule has 0 spiro atoms. The third kappa shape index (κ3) is 15.9. The van der Waals surface area contributed by atoms with Crippen molar-refractivity contribution in [2.45, 2.75) is 130 Å². The normalized spacial score (nSPS) is 25.7. The lowest BCUT2D eigenvalue weighted by molar-refractivity contribution is -0.0184. The second kappa shape index (κ2) is 25.8. The lowest BCUT2D eigenvalue weighted by atomic mass is 10.0. The highest BCUT2D eigenvalue weighted by Crippen LogP contribution is 2.27. The van der Waals surface area contributed by atoms with Crippen LogP contribution in [0.4, 0.5) is 0 Å². The molecule has 4 heterocycles. The molecule has 0 amide bonds. The number of aliphatic hydroxyl groups is 4. The topological polar surface area (TPSA) is 148 Å². The van der Waals surface area contributed by atoms with Crippen molar-refractivity contribution < 1.29 is 39.4 Å². The van der Waals surface area contributed by atoms with Gasteiger partial charge in [0.15, 0.2) is 0 Å². The minimum atomic E-state index is -0.409. The van der Waals surface area contributed by atoms with Gasteiger partial charge in [-0.05, 0) is 189 Å². The van der Waals surface area contributed by atoms with Crippen molar-refractivity contribution in [1.82, 2.24) is 20.4 Å². The fourth-order valence-corrected chi connectivity index (χ4v) is 8.28. The molecular weight excluding hydrogens is 833 g/mol. The summed E-state index contributed by atoms with van der Waals surface area (Å²) in [5, 5.41) is 45.8.